The second-order valence-electron chi connectivity index (χ2n) is 10.3. The van der Waals surface area contributed by atoms with Crippen molar-refractivity contribution in [3.8, 4) is 0 Å². The quantitative estimate of drug-likeness (QED) is 0.138. The lowest BCUT2D eigenvalue weighted by Gasteiger charge is -2.29. The maximum atomic E-state index is 11.8. The van der Waals surface area contributed by atoms with E-state index in [1.165, 1.54) is 0 Å². The molecular formula is C26H55NO7SSi. The van der Waals surface area contributed by atoms with Crippen molar-refractivity contribution >= 4 is 32.4 Å². The van der Waals surface area contributed by atoms with Gasteiger partial charge in [0.2, 0.25) is 5.91 Å². The van der Waals surface area contributed by atoms with Crippen LogP contribution in [0.4, 0.5) is 0 Å². The van der Waals surface area contributed by atoms with Crippen LogP contribution in [0, 0.1) is 11.3 Å². The highest BCUT2D eigenvalue weighted by molar-refractivity contribution is 7.99. The summed E-state index contributed by atoms with van der Waals surface area (Å²) in [6, 6.07) is 0.143. The van der Waals surface area contributed by atoms with Crippen LogP contribution in [0.5, 0.6) is 0 Å². The van der Waals surface area contributed by atoms with Gasteiger partial charge in [-0.1, -0.05) is 48.0 Å². The van der Waals surface area contributed by atoms with Crippen LogP contribution in [-0.2, 0) is 27.6 Å². The van der Waals surface area contributed by atoms with Gasteiger partial charge < -0.3 is 28.4 Å². The Kier molecular flexibility index (Phi) is 21.2. The molecule has 0 heterocycles. The highest BCUT2D eigenvalue weighted by atomic mass is 32.2. The molecule has 0 saturated heterocycles. The second kappa shape index (κ2) is 20.3. The summed E-state index contributed by atoms with van der Waals surface area (Å²) in [4.78, 5) is 23.5. The average Bonchev–Trinajstić information content (AvgIpc) is 2.85. The number of nitrogens with one attached hydrogen (secondary N) is 1. The zero-order valence-corrected chi connectivity index (χ0v) is 26.6. The largest absolute Gasteiger partial charge is 0.503 e. The van der Waals surface area contributed by atoms with Crippen LogP contribution >= 0.6 is 11.8 Å². The molecule has 216 valence electrons. The fourth-order valence-corrected chi connectivity index (χ4v) is 6.29. The van der Waals surface area contributed by atoms with Crippen molar-refractivity contribution < 1.29 is 32.7 Å². The van der Waals surface area contributed by atoms with E-state index in [0.717, 1.165) is 19.3 Å². The molecule has 10 heteroatoms. The van der Waals surface area contributed by atoms with Gasteiger partial charge in [-0.25, -0.2) is 0 Å². The van der Waals surface area contributed by atoms with Crippen LogP contribution in [0.15, 0.2) is 0 Å². The Morgan fingerprint density at radius 1 is 1.03 bits per heavy atom. The number of aliphatic hydroxyl groups excluding tert-OH is 1. The fourth-order valence-electron chi connectivity index (χ4n) is 3.10. The third-order valence-electron chi connectivity index (χ3n) is 6.31. The molecular weight excluding hydrogens is 498 g/mol. The molecule has 0 rings (SSSR count). The SMILES string of the molecule is CCC(C)(C)CCC(O)COC(=O)CCSCC(C)C(=O)NC(C)C.CCC(C)[Si](OC)(OC)OC. The molecule has 0 aliphatic carbocycles. The van der Waals surface area contributed by atoms with E-state index in [1.54, 1.807) is 33.1 Å². The summed E-state index contributed by atoms with van der Waals surface area (Å²) < 4.78 is 21.0. The van der Waals surface area contributed by atoms with Crippen molar-refractivity contribution in [2.45, 2.75) is 105 Å². The van der Waals surface area contributed by atoms with E-state index in [4.69, 9.17) is 18.0 Å². The Morgan fingerprint density at radius 2 is 1.58 bits per heavy atom. The maximum Gasteiger partial charge on any atom is 0.503 e. The van der Waals surface area contributed by atoms with E-state index in [1.807, 2.05) is 20.8 Å². The summed E-state index contributed by atoms with van der Waals surface area (Å²) in [5.74, 6) is 0.980. The Bertz CT molecular complexity index is 580. The summed E-state index contributed by atoms with van der Waals surface area (Å²) in [5.41, 5.74) is 0.572. The molecule has 3 unspecified atom stereocenters. The molecule has 0 spiro atoms. The number of ether oxygens (including phenoxy) is 1. The van der Waals surface area contributed by atoms with Gasteiger partial charge in [0, 0.05) is 50.3 Å². The third-order valence-corrected chi connectivity index (χ3v) is 10.9. The molecule has 1 amide bonds. The minimum Gasteiger partial charge on any atom is -0.463 e. The van der Waals surface area contributed by atoms with Crippen molar-refractivity contribution in [3.63, 3.8) is 0 Å². The van der Waals surface area contributed by atoms with E-state index in [2.05, 4.69) is 39.9 Å². The first kappa shape index (κ1) is 37.5. The van der Waals surface area contributed by atoms with Crippen LogP contribution in [0.25, 0.3) is 0 Å². The Balaban J connectivity index is 0. The summed E-state index contributed by atoms with van der Waals surface area (Å²) in [7, 11) is 2.61. The standard InChI is InChI=1S/C19H37NO4S.C7H18O3Si/c1-7-19(5,6)10-8-16(21)12-24-17(22)9-11-25-13-15(4)18(23)20-14(2)3;1-6-7(2)11(8-3,9-4)10-5/h14-16,21H,7-13H2,1-6H3,(H,20,23);7H,6H2,1-5H3. The lowest BCUT2D eigenvalue weighted by molar-refractivity contribution is -0.146. The summed E-state index contributed by atoms with van der Waals surface area (Å²) in [6.45, 7) is 16.5. The minimum atomic E-state index is -2.32. The van der Waals surface area contributed by atoms with Gasteiger partial charge in [-0.2, -0.15) is 11.8 Å². The number of esters is 1. The Hall–Kier alpha value is -0.653. The van der Waals surface area contributed by atoms with Gasteiger partial charge in [0.15, 0.2) is 0 Å². The molecule has 0 radical (unpaired) electrons. The van der Waals surface area contributed by atoms with Crippen LogP contribution in [0.2, 0.25) is 5.54 Å². The Labute approximate surface area is 226 Å². The van der Waals surface area contributed by atoms with Crippen molar-refractivity contribution in [1.82, 2.24) is 5.32 Å². The first-order chi connectivity index (χ1) is 16.7. The van der Waals surface area contributed by atoms with Crippen LogP contribution in [-0.4, -0.2) is 77.4 Å². The zero-order valence-electron chi connectivity index (χ0n) is 24.8. The van der Waals surface area contributed by atoms with Gasteiger partial charge in [0.1, 0.15) is 6.61 Å². The number of aliphatic hydroxyl groups is 1. The van der Waals surface area contributed by atoms with Crippen LogP contribution in [0.1, 0.15) is 87.5 Å². The molecule has 8 nitrogen and oxygen atoms in total. The van der Waals surface area contributed by atoms with Gasteiger partial charge in [-0.3, -0.25) is 9.59 Å². The number of carbonyl (C=O) groups is 2. The van der Waals surface area contributed by atoms with Gasteiger partial charge >= 0.3 is 14.8 Å². The first-order valence-corrected chi connectivity index (χ1v) is 16.1. The van der Waals surface area contributed by atoms with Crippen molar-refractivity contribution in [2.75, 3.05) is 39.4 Å². The highest BCUT2D eigenvalue weighted by Crippen LogP contribution is 2.27. The maximum absolute atomic E-state index is 11.8. The molecule has 0 aliphatic rings. The molecule has 36 heavy (non-hydrogen) atoms. The summed E-state index contributed by atoms with van der Waals surface area (Å²) in [6.07, 6.45) is 3.34. The normalized spacial score (nSPS) is 14.5. The topological polar surface area (TPSA) is 103 Å². The van der Waals surface area contributed by atoms with E-state index >= 15 is 0 Å². The molecule has 0 aliphatic heterocycles. The van der Waals surface area contributed by atoms with Gasteiger partial charge in [0.25, 0.3) is 0 Å². The number of rotatable bonds is 18. The number of carbonyl (C=O) groups excluding carboxylic acids is 2. The van der Waals surface area contributed by atoms with E-state index in [0.29, 0.717) is 29.9 Å². The number of thioether (sulfide) groups is 1. The van der Waals surface area contributed by atoms with Crippen LogP contribution < -0.4 is 5.32 Å². The number of hydrogen-bond acceptors (Lipinski definition) is 8. The van der Waals surface area contributed by atoms with E-state index < -0.39 is 14.9 Å². The molecule has 2 N–H and O–H groups in total. The predicted octanol–water partition coefficient (Wildman–Crippen LogP) is 5.06. The lowest BCUT2D eigenvalue weighted by atomic mass is 9.84. The summed E-state index contributed by atoms with van der Waals surface area (Å²) in [5, 5.41) is 12.8. The molecule has 0 aromatic rings. The monoisotopic (exact) mass is 553 g/mol. The Morgan fingerprint density at radius 3 is 2.00 bits per heavy atom. The molecule has 0 saturated carbocycles. The first-order valence-electron chi connectivity index (χ1n) is 13.1. The number of hydrogen-bond donors (Lipinski definition) is 2. The highest BCUT2D eigenvalue weighted by Gasteiger charge is 2.43. The van der Waals surface area contributed by atoms with Crippen molar-refractivity contribution in [3.05, 3.63) is 0 Å². The molecule has 0 aromatic heterocycles. The summed E-state index contributed by atoms with van der Waals surface area (Å²) >= 11 is 1.57. The van der Waals surface area contributed by atoms with Gasteiger partial charge in [-0.15, -0.1) is 0 Å². The van der Waals surface area contributed by atoms with Crippen molar-refractivity contribution in [2.24, 2.45) is 11.3 Å². The molecule has 0 bridgehead atoms. The van der Waals surface area contributed by atoms with E-state index in [-0.39, 0.29) is 35.9 Å². The molecule has 0 fully saturated rings. The molecule has 0 aromatic carbocycles. The van der Waals surface area contributed by atoms with Gasteiger partial charge in [-0.05, 0) is 38.5 Å². The fraction of sp³-hybridized carbons (Fsp3) is 0.923. The zero-order chi connectivity index (χ0) is 28.4. The predicted molar refractivity (Wildman–Crippen MR) is 151 cm³/mol. The molecule has 3 atom stereocenters. The third kappa shape index (κ3) is 17.0. The number of amides is 1. The van der Waals surface area contributed by atoms with Crippen molar-refractivity contribution in [1.29, 1.82) is 0 Å². The smallest absolute Gasteiger partial charge is 0.463 e. The average molecular weight is 554 g/mol. The van der Waals surface area contributed by atoms with Crippen LogP contribution in [0.3, 0.4) is 0 Å². The van der Waals surface area contributed by atoms with Gasteiger partial charge in [0.05, 0.1) is 12.5 Å². The van der Waals surface area contributed by atoms with E-state index in [9.17, 15) is 14.7 Å². The minimum absolute atomic E-state index is 0.0446. The lowest BCUT2D eigenvalue weighted by Crippen LogP contribution is -2.46. The second-order valence-corrected chi connectivity index (χ2v) is 14.9.